The predicted octanol–water partition coefficient (Wildman–Crippen LogP) is 3.65. The summed E-state index contributed by atoms with van der Waals surface area (Å²) in [5.41, 5.74) is 0. The summed E-state index contributed by atoms with van der Waals surface area (Å²) in [6, 6.07) is 0. The van der Waals surface area contributed by atoms with Gasteiger partial charge in [-0.05, 0) is 51.0 Å². The van der Waals surface area contributed by atoms with Crippen molar-refractivity contribution in [1.29, 1.82) is 0 Å². The van der Waals surface area contributed by atoms with Crippen molar-refractivity contribution in [3.05, 3.63) is 12.3 Å². The van der Waals surface area contributed by atoms with E-state index in [1.165, 1.54) is 25.7 Å². The van der Waals surface area contributed by atoms with Crippen LogP contribution < -0.4 is 0 Å². The van der Waals surface area contributed by atoms with Crippen molar-refractivity contribution in [1.82, 2.24) is 0 Å². The molecule has 1 unspecified atom stereocenters. The molecule has 0 aromatic carbocycles. The van der Waals surface area contributed by atoms with Gasteiger partial charge in [0.05, 0.1) is 19.5 Å². The second-order valence-electron chi connectivity index (χ2n) is 5.39. The minimum absolute atomic E-state index is 0.0384. The van der Waals surface area contributed by atoms with Gasteiger partial charge < -0.3 is 19.3 Å². The molecular weight excluding hydrogens is 304 g/mol. The number of ether oxygens (including phenoxy) is 3. The number of rotatable bonds is 6. The van der Waals surface area contributed by atoms with Crippen LogP contribution in [0.5, 0.6) is 0 Å². The van der Waals surface area contributed by atoms with Crippen LogP contribution in [-0.4, -0.2) is 37.8 Å². The van der Waals surface area contributed by atoms with E-state index in [2.05, 4.69) is 11.8 Å². The van der Waals surface area contributed by atoms with Crippen LogP contribution in [0, 0.1) is 24.7 Å². The highest BCUT2D eigenvalue weighted by molar-refractivity contribution is 4.83. The molecule has 2 aliphatic rings. The van der Waals surface area contributed by atoms with Gasteiger partial charge in [-0.15, -0.1) is 24.7 Å². The highest BCUT2D eigenvalue weighted by atomic mass is 16.7. The standard InChI is InChI=1S/C10H16O2.2C5H8O/c1-2-3-5-8-11-10-7-4-6-9-12-10;1-2-4-6-5-3-1;1-2-3-4-5-6/h1,10H,3-9H2;2,4H,1,3,5H2;1,6H,3-5H2. The molecule has 136 valence electrons. The smallest absolute Gasteiger partial charge is 0.157 e. The fraction of sp³-hybridized carbons (Fsp3) is 0.700. The predicted molar refractivity (Wildman–Crippen MR) is 97.1 cm³/mol. The summed E-state index contributed by atoms with van der Waals surface area (Å²) in [5, 5.41) is 8.10. The third-order valence-electron chi connectivity index (χ3n) is 3.21. The molecule has 0 bridgehead atoms. The average Bonchev–Trinajstić information content (AvgIpc) is 2.67. The Hall–Kier alpha value is -1.46. The van der Waals surface area contributed by atoms with Gasteiger partial charge in [0.25, 0.3) is 0 Å². The first-order valence-corrected chi connectivity index (χ1v) is 8.82. The number of terminal acetylenes is 2. The van der Waals surface area contributed by atoms with E-state index in [-0.39, 0.29) is 12.9 Å². The van der Waals surface area contributed by atoms with Crippen LogP contribution in [0.3, 0.4) is 0 Å². The maximum Gasteiger partial charge on any atom is 0.157 e. The Balaban J connectivity index is 0.000000371. The van der Waals surface area contributed by atoms with Gasteiger partial charge in [-0.2, -0.15) is 0 Å². The molecule has 4 heteroatoms. The molecule has 2 rings (SSSR count). The van der Waals surface area contributed by atoms with E-state index in [1.807, 2.05) is 6.08 Å². The Bertz CT molecular complexity index is 351. The monoisotopic (exact) mass is 336 g/mol. The van der Waals surface area contributed by atoms with Gasteiger partial charge >= 0.3 is 0 Å². The van der Waals surface area contributed by atoms with Gasteiger partial charge in [-0.25, -0.2) is 0 Å². The summed E-state index contributed by atoms with van der Waals surface area (Å²) in [6.45, 7) is 2.70. The fourth-order valence-electron chi connectivity index (χ4n) is 1.90. The topological polar surface area (TPSA) is 47.9 Å². The first-order valence-electron chi connectivity index (χ1n) is 8.82. The minimum Gasteiger partial charge on any atom is -0.502 e. The normalized spacial score (nSPS) is 18.5. The number of unbranched alkanes of at least 4 members (excludes halogenated alkanes) is 2. The van der Waals surface area contributed by atoms with E-state index in [9.17, 15) is 0 Å². The van der Waals surface area contributed by atoms with Crippen LogP contribution in [-0.2, 0) is 14.2 Å². The third-order valence-corrected chi connectivity index (χ3v) is 3.21. The molecule has 2 heterocycles. The Labute approximate surface area is 147 Å². The average molecular weight is 336 g/mol. The van der Waals surface area contributed by atoms with E-state index < -0.39 is 0 Å². The second kappa shape index (κ2) is 19.6. The lowest BCUT2D eigenvalue weighted by Crippen LogP contribution is -2.22. The van der Waals surface area contributed by atoms with Gasteiger partial charge in [0.2, 0.25) is 0 Å². The van der Waals surface area contributed by atoms with Crippen LogP contribution in [0.2, 0.25) is 0 Å². The zero-order chi connectivity index (χ0) is 17.7. The van der Waals surface area contributed by atoms with Crippen molar-refractivity contribution in [2.45, 2.75) is 64.1 Å². The van der Waals surface area contributed by atoms with Crippen molar-refractivity contribution < 1.29 is 19.3 Å². The van der Waals surface area contributed by atoms with Gasteiger partial charge in [0, 0.05) is 26.1 Å². The molecule has 0 aromatic heterocycles. The molecule has 0 saturated carbocycles. The summed E-state index contributed by atoms with van der Waals surface area (Å²) < 4.78 is 15.7. The molecule has 1 saturated heterocycles. The molecule has 1 fully saturated rings. The highest BCUT2D eigenvalue weighted by Gasteiger charge is 2.12. The molecule has 1 N–H and O–H groups in total. The maximum atomic E-state index is 8.10. The molecule has 2 aliphatic heterocycles. The Morgan fingerprint density at radius 3 is 2.29 bits per heavy atom. The van der Waals surface area contributed by atoms with Gasteiger partial charge in [0.15, 0.2) is 6.29 Å². The number of aliphatic hydroxyl groups excluding tert-OH is 1. The number of hydrogen-bond donors (Lipinski definition) is 1. The second-order valence-corrected chi connectivity index (χ2v) is 5.39. The van der Waals surface area contributed by atoms with Crippen LogP contribution in [0.25, 0.3) is 0 Å². The third kappa shape index (κ3) is 16.9. The summed E-state index contributed by atoms with van der Waals surface area (Å²) in [6.07, 6.45) is 22.8. The van der Waals surface area contributed by atoms with Crippen LogP contribution in [0.1, 0.15) is 57.8 Å². The quantitative estimate of drug-likeness (QED) is 0.594. The molecular formula is C20H32O4. The Morgan fingerprint density at radius 1 is 1.08 bits per heavy atom. The summed E-state index contributed by atoms with van der Waals surface area (Å²) in [5.74, 6) is 4.99. The first kappa shape index (κ1) is 22.5. The van der Waals surface area contributed by atoms with E-state index in [0.29, 0.717) is 6.42 Å². The summed E-state index contributed by atoms with van der Waals surface area (Å²) >= 11 is 0. The van der Waals surface area contributed by atoms with Crippen molar-refractivity contribution in [2.75, 3.05) is 26.4 Å². The number of aliphatic hydroxyl groups is 1. The number of hydrogen-bond acceptors (Lipinski definition) is 4. The molecule has 0 aromatic rings. The molecule has 24 heavy (non-hydrogen) atoms. The zero-order valence-corrected chi connectivity index (χ0v) is 14.8. The molecule has 0 spiro atoms. The first-order chi connectivity index (χ1) is 11.8. The van der Waals surface area contributed by atoms with Crippen LogP contribution >= 0.6 is 0 Å². The van der Waals surface area contributed by atoms with Crippen LogP contribution in [0.15, 0.2) is 12.3 Å². The van der Waals surface area contributed by atoms with E-state index in [4.69, 9.17) is 32.2 Å². The van der Waals surface area contributed by atoms with E-state index in [0.717, 1.165) is 45.5 Å². The molecule has 4 nitrogen and oxygen atoms in total. The molecule has 0 aliphatic carbocycles. The largest absolute Gasteiger partial charge is 0.502 e. The lowest BCUT2D eigenvalue weighted by molar-refractivity contribution is -0.162. The van der Waals surface area contributed by atoms with Gasteiger partial charge in [-0.1, -0.05) is 0 Å². The fourth-order valence-corrected chi connectivity index (χ4v) is 1.90. The Morgan fingerprint density at radius 2 is 1.88 bits per heavy atom. The highest BCUT2D eigenvalue weighted by Crippen LogP contribution is 2.13. The summed E-state index contributed by atoms with van der Waals surface area (Å²) in [7, 11) is 0. The van der Waals surface area contributed by atoms with E-state index >= 15 is 0 Å². The molecule has 0 amide bonds. The molecule has 0 radical (unpaired) electrons. The van der Waals surface area contributed by atoms with Gasteiger partial charge in [-0.3, -0.25) is 0 Å². The van der Waals surface area contributed by atoms with Crippen molar-refractivity contribution >= 4 is 0 Å². The number of allylic oxidation sites excluding steroid dienone is 1. The Kier molecular flexibility index (Phi) is 18.4. The van der Waals surface area contributed by atoms with Crippen molar-refractivity contribution in [2.24, 2.45) is 0 Å². The lowest BCUT2D eigenvalue weighted by Gasteiger charge is -2.22. The summed E-state index contributed by atoms with van der Waals surface area (Å²) in [4.78, 5) is 0. The van der Waals surface area contributed by atoms with Crippen molar-refractivity contribution in [3.63, 3.8) is 0 Å². The lowest BCUT2D eigenvalue weighted by atomic mass is 10.2. The van der Waals surface area contributed by atoms with Crippen molar-refractivity contribution in [3.8, 4) is 24.7 Å². The van der Waals surface area contributed by atoms with Crippen LogP contribution in [0.4, 0.5) is 0 Å². The zero-order valence-electron chi connectivity index (χ0n) is 14.8. The van der Waals surface area contributed by atoms with Gasteiger partial charge in [0.1, 0.15) is 0 Å². The minimum atomic E-state index is 0.0384. The maximum absolute atomic E-state index is 8.10. The SMILES string of the molecule is C#CCCCO.C#CCCCOC1CCCCO1.C1=COCCC1. The van der Waals surface area contributed by atoms with E-state index in [1.54, 1.807) is 6.26 Å². The molecule has 1 atom stereocenters.